The van der Waals surface area contributed by atoms with Gasteiger partial charge in [0, 0.05) is 63.0 Å². The van der Waals surface area contributed by atoms with Crippen LogP contribution in [0, 0.1) is 11.3 Å². The first-order valence-corrected chi connectivity index (χ1v) is 15.8. The van der Waals surface area contributed by atoms with Crippen LogP contribution in [0.1, 0.15) is 38.5 Å². The molecule has 8 rings (SSSR count). The second-order valence-corrected chi connectivity index (χ2v) is 13.5. The number of aliphatic carboxylic acids is 1. The van der Waals surface area contributed by atoms with Crippen molar-refractivity contribution < 1.29 is 15.0 Å². The largest absolute Gasteiger partial charge is 0.507 e. The Morgan fingerprint density at radius 2 is 1.59 bits per heavy atom. The first-order chi connectivity index (χ1) is 21.4. The number of hydrogen-bond donors (Lipinski definition) is 3. The number of para-hydroxylation sites is 1. The fourth-order valence-corrected chi connectivity index (χ4v) is 8.48. The number of aromatic hydroxyl groups is 1. The molecule has 1 spiro atoms. The lowest BCUT2D eigenvalue weighted by Crippen LogP contribution is -2.66. The fraction of sp³-hybridized carbons (Fsp3) is 0.531. The minimum atomic E-state index is -0.626. The van der Waals surface area contributed by atoms with Crippen LogP contribution in [0.15, 0.2) is 42.7 Å². The number of likely N-dealkylation sites (tertiary alicyclic amines) is 1. The summed E-state index contributed by atoms with van der Waals surface area (Å²) in [4.78, 5) is 30.6. The molecule has 2 unspecified atom stereocenters. The number of fused-ring (bicyclic) bond motifs is 2. The van der Waals surface area contributed by atoms with E-state index in [1.54, 1.807) is 12.1 Å². The molecule has 12 nitrogen and oxygen atoms in total. The number of nitrogens with zero attached hydrogens (tertiary/aromatic N) is 8. The zero-order valence-corrected chi connectivity index (χ0v) is 24.8. The molecule has 1 aromatic carbocycles. The number of piperazine rings is 1. The van der Waals surface area contributed by atoms with E-state index in [1.165, 1.54) is 0 Å². The first-order valence-electron chi connectivity index (χ1n) is 15.8. The maximum Gasteiger partial charge on any atom is 0.306 e. The van der Waals surface area contributed by atoms with Gasteiger partial charge in [0.05, 0.1) is 35.4 Å². The molecule has 2 aromatic heterocycles. The molecule has 6 heterocycles. The van der Waals surface area contributed by atoms with Crippen LogP contribution >= 0.6 is 0 Å². The van der Waals surface area contributed by atoms with Crippen LogP contribution in [0.4, 0.5) is 23.1 Å². The van der Waals surface area contributed by atoms with E-state index in [2.05, 4.69) is 29.8 Å². The Kier molecular flexibility index (Phi) is 6.51. The Labute approximate surface area is 256 Å². The number of phenols is 1. The Bertz CT molecular complexity index is 1530. The highest BCUT2D eigenvalue weighted by atomic mass is 16.4. The molecular formula is C32H39N9O3. The van der Waals surface area contributed by atoms with Crippen LogP contribution in [0.25, 0.3) is 11.3 Å². The lowest BCUT2D eigenvalue weighted by molar-refractivity contribution is -0.164. The van der Waals surface area contributed by atoms with Gasteiger partial charge in [0.2, 0.25) is 5.95 Å². The smallest absolute Gasteiger partial charge is 0.306 e. The van der Waals surface area contributed by atoms with Gasteiger partial charge >= 0.3 is 5.97 Å². The third-order valence-corrected chi connectivity index (χ3v) is 10.8. The summed E-state index contributed by atoms with van der Waals surface area (Å²) < 4.78 is 0. The molecule has 44 heavy (non-hydrogen) atoms. The molecule has 230 valence electrons. The summed E-state index contributed by atoms with van der Waals surface area (Å²) in [7, 11) is 0. The number of phenolic OH excluding ortho intramolecular Hbond substituents is 1. The van der Waals surface area contributed by atoms with E-state index in [0.717, 1.165) is 95.1 Å². The quantitative estimate of drug-likeness (QED) is 0.384. The summed E-state index contributed by atoms with van der Waals surface area (Å²) in [5, 5.41) is 28.0. The van der Waals surface area contributed by atoms with Gasteiger partial charge in [-0.05, 0) is 62.1 Å². The van der Waals surface area contributed by atoms with Crippen molar-refractivity contribution in [2.45, 2.75) is 56.7 Å². The van der Waals surface area contributed by atoms with Crippen molar-refractivity contribution in [3.8, 4) is 17.0 Å². The molecule has 5 fully saturated rings. The van der Waals surface area contributed by atoms with Crippen LogP contribution in [0.2, 0.25) is 0 Å². The SMILES string of the molecule is Nc1nnc(-c2ccccc2O)cc1N1CC2CCC(C1)N2c1ncc(N2CCC(N3CC4(CC(C(=O)O)C4)C3)CC2)cn1. The average molecular weight is 598 g/mol. The first kappa shape index (κ1) is 27.4. The molecule has 4 aliphatic heterocycles. The topological polar surface area (TPSA) is 148 Å². The normalized spacial score (nSPS) is 25.2. The molecule has 1 saturated carbocycles. The van der Waals surface area contributed by atoms with E-state index >= 15 is 0 Å². The monoisotopic (exact) mass is 597 g/mol. The number of nitrogen functional groups attached to an aromatic ring is 1. The van der Waals surface area contributed by atoms with Gasteiger partial charge in [0.25, 0.3) is 0 Å². The number of rotatable bonds is 6. The molecule has 3 aromatic rings. The zero-order chi connectivity index (χ0) is 30.0. The van der Waals surface area contributed by atoms with Gasteiger partial charge in [-0.15, -0.1) is 10.2 Å². The molecule has 0 radical (unpaired) electrons. The highest BCUT2D eigenvalue weighted by molar-refractivity contribution is 5.74. The summed E-state index contributed by atoms with van der Waals surface area (Å²) in [6.45, 7) is 5.69. The van der Waals surface area contributed by atoms with Crippen molar-refractivity contribution >= 4 is 29.1 Å². The third-order valence-electron chi connectivity index (χ3n) is 10.8. The number of carboxylic acid groups (broad SMARTS) is 1. The maximum atomic E-state index is 11.2. The fourth-order valence-electron chi connectivity index (χ4n) is 8.48. The summed E-state index contributed by atoms with van der Waals surface area (Å²) in [5.74, 6) is 0.603. The van der Waals surface area contributed by atoms with E-state index in [1.807, 2.05) is 30.6 Å². The number of carboxylic acids is 1. The lowest BCUT2D eigenvalue weighted by Gasteiger charge is -2.61. The second-order valence-electron chi connectivity index (χ2n) is 13.5. The standard InChI is InChI=1S/C32H39N9O3/c33-29-27(11-26(36-37-29)25-3-1-2-4-28(25)42)39-16-22-5-6-23(17-39)41(22)31-34-14-24(15-35-31)38-9-7-21(8-10-38)40-18-32(19-40)12-20(13-32)30(43)44/h1-4,11,14-15,20-23,42H,5-10,12-13,16-19H2,(H2,33,37)(H,43,44). The number of hydrogen-bond acceptors (Lipinski definition) is 11. The van der Waals surface area contributed by atoms with Crippen molar-refractivity contribution in [3.05, 3.63) is 42.7 Å². The number of piperidine rings is 1. The summed E-state index contributed by atoms with van der Waals surface area (Å²) in [5.41, 5.74) is 9.76. The van der Waals surface area contributed by atoms with E-state index in [4.69, 9.17) is 15.7 Å². The lowest BCUT2D eigenvalue weighted by atomic mass is 9.57. The minimum Gasteiger partial charge on any atom is -0.507 e. The number of nitrogens with two attached hydrogens (primary N) is 1. The summed E-state index contributed by atoms with van der Waals surface area (Å²) in [6, 6.07) is 10.2. The van der Waals surface area contributed by atoms with Gasteiger partial charge in [-0.2, -0.15) is 0 Å². The van der Waals surface area contributed by atoms with Crippen molar-refractivity contribution in [2.75, 3.05) is 59.7 Å². The predicted molar refractivity (Wildman–Crippen MR) is 167 cm³/mol. The van der Waals surface area contributed by atoms with Crippen molar-refractivity contribution in [2.24, 2.45) is 11.3 Å². The Morgan fingerprint density at radius 1 is 0.909 bits per heavy atom. The molecule has 4 N–H and O–H groups in total. The van der Waals surface area contributed by atoms with Gasteiger partial charge in [-0.25, -0.2) is 9.97 Å². The number of benzene rings is 1. The van der Waals surface area contributed by atoms with E-state index in [9.17, 15) is 15.0 Å². The molecule has 2 atom stereocenters. The Morgan fingerprint density at radius 3 is 2.25 bits per heavy atom. The highest BCUT2D eigenvalue weighted by Gasteiger charge is 2.55. The van der Waals surface area contributed by atoms with Crippen molar-refractivity contribution in [3.63, 3.8) is 0 Å². The van der Waals surface area contributed by atoms with Gasteiger partial charge in [0.1, 0.15) is 5.75 Å². The second kappa shape index (κ2) is 10.5. The van der Waals surface area contributed by atoms with Gasteiger partial charge in [-0.1, -0.05) is 12.1 Å². The minimum absolute atomic E-state index is 0.122. The van der Waals surface area contributed by atoms with E-state index in [0.29, 0.717) is 23.1 Å². The van der Waals surface area contributed by atoms with Crippen LogP contribution in [0.5, 0.6) is 5.75 Å². The molecular weight excluding hydrogens is 558 g/mol. The third kappa shape index (κ3) is 4.66. The number of anilines is 4. The molecule has 1 aliphatic carbocycles. The molecule has 4 saturated heterocycles. The van der Waals surface area contributed by atoms with Crippen LogP contribution < -0.4 is 20.4 Å². The van der Waals surface area contributed by atoms with Crippen molar-refractivity contribution in [1.29, 1.82) is 0 Å². The zero-order valence-electron chi connectivity index (χ0n) is 24.8. The Balaban J connectivity index is 0.884. The Hall–Kier alpha value is -4.19. The molecule has 12 heteroatoms. The molecule has 0 amide bonds. The van der Waals surface area contributed by atoms with Crippen LogP contribution in [-0.2, 0) is 4.79 Å². The average Bonchev–Trinajstić information content (AvgIpc) is 3.25. The maximum absolute atomic E-state index is 11.2. The van der Waals surface area contributed by atoms with E-state index in [-0.39, 0.29) is 29.2 Å². The number of carbonyl (C=O) groups is 1. The summed E-state index contributed by atoms with van der Waals surface area (Å²) >= 11 is 0. The number of aromatic nitrogens is 4. The van der Waals surface area contributed by atoms with Crippen LogP contribution in [0.3, 0.4) is 0 Å². The molecule has 5 aliphatic rings. The molecule has 2 bridgehead atoms. The van der Waals surface area contributed by atoms with Gasteiger partial charge in [-0.3, -0.25) is 9.69 Å². The summed E-state index contributed by atoms with van der Waals surface area (Å²) in [6.07, 6.45) is 10.0. The highest BCUT2D eigenvalue weighted by Crippen LogP contribution is 2.53. The van der Waals surface area contributed by atoms with Crippen LogP contribution in [-0.4, -0.2) is 98.6 Å². The van der Waals surface area contributed by atoms with Crippen molar-refractivity contribution in [1.82, 2.24) is 25.1 Å². The van der Waals surface area contributed by atoms with Gasteiger partial charge < -0.3 is 30.6 Å². The predicted octanol–water partition coefficient (Wildman–Crippen LogP) is 2.84. The van der Waals surface area contributed by atoms with E-state index < -0.39 is 5.97 Å². The van der Waals surface area contributed by atoms with Gasteiger partial charge in [0.15, 0.2) is 5.82 Å².